The summed E-state index contributed by atoms with van der Waals surface area (Å²) >= 11 is 0. The minimum absolute atomic E-state index is 0.0253. The first kappa shape index (κ1) is 17.5. The molecule has 28 heavy (non-hydrogen) atoms. The third kappa shape index (κ3) is 2.74. The third-order valence-corrected chi connectivity index (χ3v) is 6.75. The highest BCUT2D eigenvalue weighted by atomic mass is 16.2. The van der Waals surface area contributed by atoms with Gasteiger partial charge in [-0.25, -0.2) is 4.79 Å². The van der Waals surface area contributed by atoms with Crippen molar-refractivity contribution in [2.24, 2.45) is 5.92 Å². The molecule has 0 N–H and O–H groups in total. The highest BCUT2D eigenvalue weighted by Crippen LogP contribution is 2.45. The molecule has 0 spiro atoms. The van der Waals surface area contributed by atoms with Crippen LogP contribution >= 0.6 is 0 Å². The Balaban J connectivity index is 1.34. The number of hydrogen-bond acceptors (Lipinski definition) is 3. The minimum Gasteiger partial charge on any atom is -0.309 e. The van der Waals surface area contributed by atoms with Gasteiger partial charge >= 0.3 is 6.03 Å². The van der Waals surface area contributed by atoms with Crippen LogP contribution in [-0.4, -0.2) is 43.6 Å². The van der Waals surface area contributed by atoms with Crippen LogP contribution in [0.1, 0.15) is 56.2 Å². The number of imide groups is 1. The molecule has 3 aliphatic rings. The number of nitrogens with zero attached hydrogens (tertiary/aromatic N) is 4. The monoisotopic (exact) mass is 378 g/mol. The topological polar surface area (TPSA) is 58.4 Å². The van der Waals surface area contributed by atoms with Crippen LogP contribution in [0.5, 0.6) is 0 Å². The van der Waals surface area contributed by atoms with Crippen LogP contribution in [-0.2, 0) is 11.3 Å². The first-order chi connectivity index (χ1) is 13.6. The van der Waals surface area contributed by atoms with Crippen molar-refractivity contribution in [3.8, 4) is 0 Å². The zero-order valence-corrected chi connectivity index (χ0v) is 16.2. The molecule has 2 saturated heterocycles. The first-order valence-electron chi connectivity index (χ1n) is 10.3. The molecule has 5 rings (SSSR count). The van der Waals surface area contributed by atoms with Crippen molar-refractivity contribution in [3.05, 3.63) is 53.9 Å². The lowest BCUT2D eigenvalue weighted by molar-refractivity contribution is -0.129. The molecule has 0 unspecified atom stereocenters. The van der Waals surface area contributed by atoms with E-state index in [1.165, 1.54) is 16.9 Å². The Hall–Kier alpha value is -2.63. The van der Waals surface area contributed by atoms with Crippen molar-refractivity contribution >= 4 is 11.9 Å². The molecule has 2 aliphatic heterocycles. The van der Waals surface area contributed by atoms with E-state index in [0.29, 0.717) is 12.5 Å². The number of aromatic nitrogens is 2. The van der Waals surface area contributed by atoms with Gasteiger partial charge < -0.3 is 4.90 Å². The van der Waals surface area contributed by atoms with Gasteiger partial charge in [0.05, 0.1) is 18.8 Å². The summed E-state index contributed by atoms with van der Waals surface area (Å²) in [6.07, 6.45) is 9.15. The maximum absolute atomic E-state index is 13.2. The molecule has 3 fully saturated rings. The fourth-order valence-electron chi connectivity index (χ4n) is 5.29. The lowest BCUT2D eigenvalue weighted by Crippen LogP contribution is -2.41. The Morgan fingerprint density at radius 1 is 1.14 bits per heavy atom. The van der Waals surface area contributed by atoms with Crippen LogP contribution in [0.3, 0.4) is 0 Å². The Kier molecular flexibility index (Phi) is 4.22. The van der Waals surface area contributed by atoms with Gasteiger partial charge in [0.1, 0.15) is 6.04 Å². The van der Waals surface area contributed by atoms with Crippen molar-refractivity contribution in [2.75, 3.05) is 0 Å². The Morgan fingerprint density at radius 2 is 1.93 bits per heavy atom. The van der Waals surface area contributed by atoms with Crippen LogP contribution in [0.2, 0.25) is 0 Å². The molecule has 1 saturated carbocycles. The molecule has 0 radical (unpaired) electrons. The summed E-state index contributed by atoms with van der Waals surface area (Å²) in [6, 6.07) is 9.75. The molecule has 3 heterocycles. The largest absolute Gasteiger partial charge is 0.328 e. The highest BCUT2D eigenvalue weighted by molar-refractivity contribution is 6.05. The number of urea groups is 1. The van der Waals surface area contributed by atoms with Gasteiger partial charge in [-0.3, -0.25) is 14.4 Å². The molecule has 4 atom stereocenters. The predicted molar refractivity (Wildman–Crippen MR) is 104 cm³/mol. The number of carbonyl (C=O) groups is 2. The molecule has 6 heteroatoms. The summed E-state index contributed by atoms with van der Waals surface area (Å²) in [5.41, 5.74) is 2.07. The average Bonchev–Trinajstić information content (AvgIpc) is 3.38. The molecular weight excluding hydrogens is 352 g/mol. The lowest BCUT2D eigenvalue weighted by atomic mass is 9.84. The van der Waals surface area contributed by atoms with Crippen molar-refractivity contribution in [1.82, 2.24) is 19.6 Å². The molecule has 1 aliphatic carbocycles. The average molecular weight is 378 g/mol. The van der Waals surface area contributed by atoms with Crippen LogP contribution in [0.4, 0.5) is 4.79 Å². The van der Waals surface area contributed by atoms with E-state index < -0.39 is 0 Å². The molecule has 2 aromatic rings. The maximum atomic E-state index is 13.2. The number of benzene rings is 1. The Labute approximate surface area is 165 Å². The summed E-state index contributed by atoms with van der Waals surface area (Å²) in [6.45, 7) is 2.61. The number of hydrogen-bond donors (Lipinski definition) is 0. The standard InChI is InChI=1S/C22H26N4O2/c1-15(18-12-23-24(14-18)13-16-7-3-2-4-8-16)25-21(27)20-11-17-9-5-6-10-19(17)26(20)22(25)28/h2-4,7-8,12,14-15,17,19-20H,5-6,9-11,13H2,1H3/t15-,17-,19-,20+/m1/s1. The van der Waals surface area contributed by atoms with Crippen molar-refractivity contribution in [1.29, 1.82) is 0 Å². The second-order valence-corrected chi connectivity index (χ2v) is 8.39. The van der Waals surface area contributed by atoms with Crippen LogP contribution < -0.4 is 0 Å². The van der Waals surface area contributed by atoms with Crippen molar-refractivity contribution in [2.45, 2.75) is 63.7 Å². The van der Waals surface area contributed by atoms with Gasteiger partial charge in [0.25, 0.3) is 5.91 Å². The van der Waals surface area contributed by atoms with Crippen molar-refractivity contribution < 1.29 is 9.59 Å². The number of amides is 3. The van der Waals surface area contributed by atoms with Gasteiger partial charge in [-0.05, 0) is 37.7 Å². The summed E-state index contributed by atoms with van der Waals surface area (Å²) < 4.78 is 1.87. The van der Waals surface area contributed by atoms with Crippen LogP contribution in [0.15, 0.2) is 42.7 Å². The molecule has 1 aromatic carbocycles. The van der Waals surface area contributed by atoms with Gasteiger partial charge in [0, 0.05) is 17.8 Å². The van der Waals surface area contributed by atoms with Gasteiger partial charge in [-0.2, -0.15) is 5.10 Å². The van der Waals surface area contributed by atoms with E-state index in [-0.39, 0.29) is 30.1 Å². The van der Waals surface area contributed by atoms with Crippen LogP contribution in [0, 0.1) is 5.92 Å². The van der Waals surface area contributed by atoms with Crippen LogP contribution in [0.25, 0.3) is 0 Å². The lowest BCUT2D eigenvalue weighted by Gasteiger charge is -2.31. The zero-order valence-electron chi connectivity index (χ0n) is 16.2. The highest BCUT2D eigenvalue weighted by Gasteiger charge is 2.56. The summed E-state index contributed by atoms with van der Waals surface area (Å²) in [7, 11) is 0. The van der Waals surface area contributed by atoms with Gasteiger partial charge in [0.2, 0.25) is 0 Å². The summed E-state index contributed by atoms with van der Waals surface area (Å²) in [5.74, 6) is 0.487. The van der Waals surface area contributed by atoms with E-state index in [2.05, 4.69) is 17.2 Å². The minimum atomic E-state index is -0.294. The zero-order chi connectivity index (χ0) is 19.3. The molecule has 3 amide bonds. The molecule has 0 bridgehead atoms. The fourth-order valence-corrected chi connectivity index (χ4v) is 5.29. The van der Waals surface area contributed by atoms with E-state index >= 15 is 0 Å². The summed E-state index contributed by atoms with van der Waals surface area (Å²) in [4.78, 5) is 29.6. The third-order valence-electron chi connectivity index (χ3n) is 6.75. The Bertz CT molecular complexity index is 893. The number of fused-ring (bicyclic) bond motifs is 3. The molecule has 146 valence electrons. The van der Waals surface area contributed by atoms with Gasteiger partial charge in [-0.1, -0.05) is 43.2 Å². The van der Waals surface area contributed by atoms with E-state index in [9.17, 15) is 9.59 Å². The normalized spacial score (nSPS) is 27.8. The van der Waals surface area contributed by atoms with E-state index in [1.54, 1.807) is 6.20 Å². The number of rotatable bonds is 4. The SMILES string of the molecule is C[C@H](c1cnn(Cc2ccccc2)c1)N1C(=O)[C@@H]2C[C@H]3CCCC[C@H]3N2C1=O. The van der Waals surface area contributed by atoms with E-state index in [0.717, 1.165) is 31.2 Å². The predicted octanol–water partition coefficient (Wildman–Crippen LogP) is 3.59. The Morgan fingerprint density at radius 3 is 2.75 bits per heavy atom. The summed E-state index contributed by atoms with van der Waals surface area (Å²) in [5, 5.41) is 4.45. The fraction of sp³-hybridized carbons (Fsp3) is 0.500. The van der Waals surface area contributed by atoms with Crippen molar-refractivity contribution in [3.63, 3.8) is 0 Å². The van der Waals surface area contributed by atoms with E-state index in [4.69, 9.17) is 0 Å². The van der Waals surface area contributed by atoms with Gasteiger partial charge in [0.15, 0.2) is 0 Å². The number of carbonyl (C=O) groups excluding carboxylic acids is 2. The van der Waals surface area contributed by atoms with E-state index in [1.807, 2.05) is 40.9 Å². The smallest absolute Gasteiger partial charge is 0.309 e. The first-order valence-corrected chi connectivity index (χ1v) is 10.3. The second-order valence-electron chi connectivity index (χ2n) is 8.39. The maximum Gasteiger partial charge on any atom is 0.328 e. The molecule has 1 aromatic heterocycles. The van der Waals surface area contributed by atoms with Gasteiger partial charge in [-0.15, -0.1) is 0 Å². The second kappa shape index (κ2) is 6.76. The quantitative estimate of drug-likeness (QED) is 0.764. The molecular formula is C22H26N4O2. The molecule has 6 nitrogen and oxygen atoms in total.